The average Bonchev–Trinajstić information content (AvgIpc) is 3.20. The molecule has 0 bridgehead atoms. The van der Waals surface area contributed by atoms with Crippen LogP contribution in [-0.2, 0) is 19.1 Å². The molecule has 1 aromatic heterocycles. The highest BCUT2D eigenvalue weighted by atomic mass is 16.8. The molecule has 4 rings (SSSR count). The van der Waals surface area contributed by atoms with Gasteiger partial charge in [0.15, 0.2) is 6.29 Å². The van der Waals surface area contributed by atoms with E-state index in [1.54, 1.807) is 17.2 Å². The van der Waals surface area contributed by atoms with Crippen LogP contribution in [0.1, 0.15) is 90.5 Å². The third kappa shape index (κ3) is 8.51. The Kier molecular flexibility index (Phi) is 10.2. The summed E-state index contributed by atoms with van der Waals surface area (Å²) in [7, 11) is 0. The zero-order valence-electron chi connectivity index (χ0n) is 23.2. The van der Waals surface area contributed by atoms with E-state index in [9.17, 15) is 9.59 Å². The summed E-state index contributed by atoms with van der Waals surface area (Å²) in [6.07, 6.45) is 15.4. The Morgan fingerprint density at radius 3 is 2.50 bits per heavy atom. The number of aromatic nitrogens is 1. The van der Waals surface area contributed by atoms with Gasteiger partial charge < -0.3 is 9.47 Å². The zero-order chi connectivity index (χ0) is 27.0. The molecule has 0 aromatic carbocycles. The number of likely N-dealkylation sites (tertiary alicyclic amines) is 1. The minimum Gasteiger partial charge on any atom is -0.443 e. The van der Waals surface area contributed by atoms with Gasteiger partial charge in [0.05, 0.1) is 6.04 Å². The van der Waals surface area contributed by atoms with Crippen molar-refractivity contribution in [2.45, 2.75) is 109 Å². The second-order valence-corrected chi connectivity index (χ2v) is 11.6. The average molecular weight is 529 g/mol. The van der Waals surface area contributed by atoms with Gasteiger partial charge >= 0.3 is 6.09 Å². The summed E-state index contributed by atoms with van der Waals surface area (Å²) in [5.41, 5.74) is 2.56. The second kappa shape index (κ2) is 13.5. The predicted molar refractivity (Wildman–Crippen MR) is 146 cm³/mol. The van der Waals surface area contributed by atoms with Crippen LogP contribution in [0.5, 0.6) is 0 Å². The molecular weight excluding hydrogens is 484 g/mol. The first kappa shape index (κ1) is 28.5. The Labute approximate surface area is 226 Å². The Morgan fingerprint density at radius 1 is 1.08 bits per heavy atom. The lowest BCUT2D eigenvalue weighted by molar-refractivity contribution is -0.198. The third-order valence-electron chi connectivity index (χ3n) is 7.36. The topological polar surface area (TPSA) is 93.2 Å². The molecule has 9 heteroatoms. The molecule has 1 aromatic rings. The van der Waals surface area contributed by atoms with Gasteiger partial charge in [-0.3, -0.25) is 14.6 Å². The van der Waals surface area contributed by atoms with Gasteiger partial charge in [-0.1, -0.05) is 25.7 Å². The largest absolute Gasteiger partial charge is 0.443 e. The van der Waals surface area contributed by atoms with Crippen LogP contribution in [0, 0.1) is 0 Å². The number of hydrogen-bond acceptors (Lipinski definition) is 7. The van der Waals surface area contributed by atoms with Gasteiger partial charge in [-0.2, -0.15) is 0 Å². The Hall–Kier alpha value is -2.49. The van der Waals surface area contributed by atoms with E-state index in [2.05, 4.69) is 15.4 Å². The molecule has 3 heterocycles. The van der Waals surface area contributed by atoms with Crippen LogP contribution < -0.4 is 10.4 Å². The molecule has 2 saturated heterocycles. The molecule has 1 N–H and O–H groups in total. The fourth-order valence-electron chi connectivity index (χ4n) is 5.45. The summed E-state index contributed by atoms with van der Waals surface area (Å²) in [5, 5.41) is 0. The molecule has 1 unspecified atom stereocenters. The van der Waals surface area contributed by atoms with Crippen molar-refractivity contribution in [3.05, 3.63) is 30.0 Å². The molecular formula is C29H44N4O5. The minimum atomic E-state index is -0.601. The maximum atomic E-state index is 13.3. The molecule has 2 aliphatic heterocycles. The summed E-state index contributed by atoms with van der Waals surface area (Å²) >= 11 is 0. The number of rotatable bonds is 7. The Balaban J connectivity index is 1.39. The molecule has 0 radical (unpaired) electrons. The van der Waals surface area contributed by atoms with E-state index in [4.69, 9.17) is 14.3 Å². The summed E-state index contributed by atoms with van der Waals surface area (Å²) < 4.78 is 11.2. The second-order valence-electron chi connectivity index (χ2n) is 11.6. The molecule has 2 amide bonds. The molecule has 1 saturated carbocycles. The summed E-state index contributed by atoms with van der Waals surface area (Å²) in [6, 6.07) is 4.28. The van der Waals surface area contributed by atoms with E-state index in [1.165, 1.54) is 44.6 Å². The highest BCUT2D eigenvalue weighted by Gasteiger charge is 2.37. The quantitative estimate of drug-likeness (QED) is 0.295. The van der Waals surface area contributed by atoms with Crippen LogP contribution in [0.25, 0.3) is 6.08 Å². The standard InChI is InChI=1S/C29H44N4O5/c1-29(2,3)37-28(35)33(24-17-18-32(21-24)23-10-6-4-5-7-11-23)25-15-13-22(20-30-25)14-16-26(34)31-38-27-12-8-9-19-36-27/h13-16,20,23-24,27H,4-12,17-19,21H2,1-3H3,(H,31,34)/b16-14+/t24-,27?/m1/s1. The summed E-state index contributed by atoms with van der Waals surface area (Å²) in [6.45, 7) is 8.11. The molecule has 38 heavy (non-hydrogen) atoms. The van der Waals surface area contributed by atoms with Crippen LogP contribution >= 0.6 is 0 Å². The maximum absolute atomic E-state index is 13.3. The van der Waals surface area contributed by atoms with Crippen molar-refractivity contribution in [3.8, 4) is 0 Å². The van der Waals surface area contributed by atoms with Crippen LogP contribution in [-0.4, -0.2) is 65.6 Å². The highest BCUT2D eigenvalue weighted by molar-refractivity contribution is 5.91. The SMILES string of the molecule is CC(C)(C)OC(=O)N(c1ccc(/C=C/C(=O)NOC2CCCCO2)cn1)[C@@H]1CCN(C2CCCCCC2)C1. The van der Waals surface area contributed by atoms with Gasteiger partial charge in [-0.05, 0) is 76.6 Å². The van der Waals surface area contributed by atoms with Crippen molar-refractivity contribution in [3.63, 3.8) is 0 Å². The minimum absolute atomic E-state index is 0.00641. The predicted octanol–water partition coefficient (Wildman–Crippen LogP) is 5.21. The van der Waals surface area contributed by atoms with Gasteiger partial charge in [0.1, 0.15) is 11.4 Å². The van der Waals surface area contributed by atoms with Gasteiger partial charge in [-0.25, -0.2) is 20.1 Å². The van der Waals surface area contributed by atoms with Crippen LogP contribution in [0.3, 0.4) is 0 Å². The summed E-state index contributed by atoms with van der Waals surface area (Å²) in [4.78, 5) is 39.7. The van der Waals surface area contributed by atoms with Crippen molar-refractivity contribution in [2.24, 2.45) is 0 Å². The lowest BCUT2D eigenvalue weighted by atomic mass is 10.1. The smallest absolute Gasteiger partial charge is 0.416 e. The number of anilines is 1. The Bertz CT molecular complexity index is 931. The molecule has 9 nitrogen and oxygen atoms in total. The number of amides is 2. The lowest BCUT2D eigenvalue weighted by Crippen LogP contribution is -2.46. The molecule has 3 fully saturated rings. The van der Waals surface area contributed by atoms with Gasteiger partial charge in [-0.15, -0.1) is 0 Å². The molecule has 0 spiro atoms. The number of carbonyl (C=O) groups excluding carboxylic acids is 2. The van der Waals surface area contributed by atoms with Crippen molar-refractivity contribution < 1.29 is 23.9 Å². The van der Waals surface area contributed by atoms with Crippen LogP contribution in [0.2, 0.25) is 0 Å². The molecule has 2 atom stereocenters. The van der Waals surface area contributed by atoms with Crippen LogP contribution in [0.4, 0.5) is 10.6 Å². The monoisotopic (exact) mass is 528 g/mol. The first-order valence-electron chi connectivity index (χ1n) is 14.3. The first-order chi connectivity index (χ1) is 18.3. The van der Waals surface area contributed by atoms with Crippen LogP contribution in [0.15, 0.2) is 24.4 Å². The number of ether oxygens (including phenoxy) is 2. The maximum Gasteiger partial charge on any atom is 0.416 e. The fourth-order valence-corrected chi connectivity index (χ4v) is 5.45. The summed E-state index contributed by atoms with van der Waals surface area (Å²) in [5.74, 6) is 0.189. The van der Waals surface area contributed by atoms with E-state index in [-0.39, 0.29) is 18.0 Å². The van der Waals surface area contributed by atoms with Crippen molar-refractivity contribution >= 4 is 23.9 Å². The van der Waals surface area contributed by atoms with Gasteiger partial charge in [0, 0.05) is 44.4 Å². The normalized spacial score (nSPS) is 23.8. The van der Waals surface area contributed by atoms with Gasteiger partial charge in [0.25, 0.3) is 5.91 Å². The van der Waals surface area contributed by atoms with Crippen molar-refractivity contribution in [1.29, 1.82) is 0 Å². The third-order valence-corrected chi connectivity index (χ3v) is 7.36. The number of pyridine rings is 1. The number of carbonyl (C=O) groups is 2. The number of nitrogens with one attached hydrogen (secondary N) is 1. The fraction of sp³-hybridized carbons (Fsp3) is 0.690. The van der Waals surface area contributed by atoms with E-state index >= 15 is 0 Å². The molecule has 210 valence electrons. The van der Waals surface area contributed by atoms with E-state index in [1.807, 2.05) is 32.9 Å². The lowest BCUT2D eigenvalue weighted by Gasteiger charge is -2.32. The Morgan fingerprint density at radius 2 is 1.84 bits per heavy atom. The first-order valence-corrected chi connectivity index (χ1v) is 14.3. The number of hydrogen-bond donors (Lipinski definition) is 1. The number of nitrogens with zero attached hydrogens (tertiary/aromatic N) is 3. The van der Waals surface area contributed by atoms with E-state index in [0.29, 0.717) is 18.5 Å². The van der Waals surface area contributed by atoms with E-state index in [0.717, 1.165) is 44.3 Å². The molecule has 3 aliphatic rings. The molecule has 1 aliphatic carbocycles. The highest BCUT2D eigenvalue weighted by Crippen LogP contribution is 2.29. The number of hydroxylamine groups is 1. The van der Waals surface area contributed by atoms with Crippen molar-refractivity contribution in [1.82, 2.24) is 15.4 Å². The zero-order valence-corrected chi connectivity index (χ0v) is 23.2. The van der Waals surface area contributed by atoms with Gasteiger partial charge in [0.2, 0.25) is 0 Å². The van der Waals surface area contributed by atoms with Crippen molar-refractivity contribution in [2.75, 3.05) is 24.6 Å². The van der Waals surface area contributed by atoms with E-state index < -0.39 is 11.9 Å².